The van der Waals surface area contributed by atoms with Crippen LogP contribution < -0.4 is 5.32 Å². The van der Waals surface area contributed by atoms with Gasteiger partial charge in [-0.2, -0.15) is 0 Å². The van der Waals surface area contributed by atoms with Crippen molar-refractivity contribution in [2.75, 3.05) is 5.32 Å². The third-order valence-corrected chi connectivity index (χ3v) is 5.28. The predicted octanol–water partition coefficient (Wildman–Crippen LogP) is 3.89. The zero-order chi connectivity index (χ0) is 18.7. The van der Waals surface area contributed by atoms with E-state index >= 15 is 0 Å². The minimum atomic E-state index is -1.26. The highest BCUT2D eigenvalue weighted by Crippen LogP contribution is 2.34. The molecule has 0 radical (unpaired) electrons. The zero-order valence-corrected chi connectivity index (χ0v) is 14.9. The van der Waals surface area contributed by atoms with E-state index in [-0.39, 0.29) is 26.9 Å². The van der Waals surface area contributed by atoms with E-state index < -0.39 is 17.9 Å². The van der Waals surface area contributed by atoms with Gasteiger partial charge >= 0.3 is 11.9 Å². The molecule has 132 valence electrons. The summed E-state index contributed by atoms with van der Waals surface area (Å²) in [7, 11) is 0. The topological polar surface area (TPSA) is 104 Å². The monoisotopic (exact) mass is 361 g/mol. The lowest BCUT2D eigenvalue weighted by Gasteiger charge is -2.17. The summed E-state index contributed by atoms with van der Waals surface area (Å²) in [6, 6.07) is 7.50. The molecule has 0 aliphatic rings. The molecule has 1 aromatic carbocycles. The smallest absolute Gasteiger partial charge is 0.346 e. The van der Waals surface area contributed by atoms with Crippen molar-refractivity contribution in [1.82, 2.24) is 0 Å². The summed E-state index contributed by atoms with van der Waals surface area (Å²) in [4.78, 5) is 35.4. The molecule has 2 aromatic rings. The largest absolute Gasteiger partial charge is 0.478 e. The predicted molar refractivity (Wildman–Crippen MR) is 95.8 cm³/mol. The molecule has 25 heavy (non-hydrogen) atoms. The summed E-state index contributed by atoms with van der Waals surface area (Å²) in [6.07, 6.45) is 0.537. The molecule has 1 heterocycles. The fraction of sp³-hybridized carbons (Fsp3) is 0.278. The van der Waals surface area contributed by atoms with Gasteiger partial charge in [-0.1, -0.05) is 31.2 Å². The van der Waals surface area contributed by atoms with Gasteiger partial charge in [-0.25, -0.2) is 9.59 Å². The van der Waals surface area contributed by atoms with Gasteiger partial charge in [-0.05, 0) is 37.0 Å². The van der Waals surface area contributed by atoms with E-state index in [2.05, 4.69) is 5.32 Å². The first kappa shape index (κ1) is 18.7. The van der Waals surface area contributed by atoms with Gasteiger partial charge in [0.05, 0.1) is 11.5 Å². The van der Waals surface area contributed by atoms with Crippen molar-refractivity contribution in [2.45, 2.75) is 33.1 Å². The number of carboxylic acid groups (broad SMARTS) is 2. The highest BCUT2D eigenvalue weighted by molar-refractivity contribution is 7.18. The van der Waals surface area contributed by atoms with Crippen molar-refractivity contribution < 1.29 is 24.6 Å². The number of amides is 1. The Morgan fingerprint density at radius 2 is 1.76 bits per heavy atom. The number of carbonyl (C=O) groups excluding carboxylic acids is 1. The van der Waals surface area contributed by atoms with E-state index in [9.17, 15) is 24.6 Å². The number of aryl methyl sites for hydroxylation is 1. The summed E-state index contributed by atoms with van der Waals surface area (Å²) in [5, 5.41) is 21.2. The van der Waals surface area contributed by atoms with E-state index in [0.717, 1.165) is 22.5 Å². The second-order valence-corrected chi connectivity index (χ2v) is 6.70. The SMILES string of the molecule is CCC(C(=O)Nc1sc(C(=O)O)c(C)c1C(=O)O)c1ccccc1C. The zero-order valence-electron chi connectivity index (χ0n) is 14.1. The van der Waals surface area contributed by atoms with Crippen LogP contribution in [0, 0.1) is 13.8 Å². The van der Waals surface area contributed by atoms with Gasteiger partial charge in [0.15, 0.2) is 0 Å². The normalized spacial score (nSPS) is 11.8. The van der Waals surface area contributed by atoms with Gasteiger partial charge in [0, 0.05) is 0 Å². The van der Waals surface area contributed by atoms with Crippen molar-refractivity contribution in [1.29, 1.82) is 0 Å². The highest BCUT2D eigenvalue weighted by atomic mass is 32.1. The third-order valence-electron chi connectivity index (χ3n) is 4.08. The Balaban J connectivity index is 2.40. The Hall–Kier alpha value is -2.67. The molecule has 0 bridgehead atoms. The Kier molecular flexibility index (Phi) is 5.58. The molecule has 1 aromatic heterocycles. The molecule has 1 atom stereocenters. The maximum atomic E-state index is 12.7. The summed E-state index contributed by atoms with van der Waals surface area (Å²) >= 11 is 0.766. The molecule has 6 nitrogen and oxygen atoms in total. The van der Waals surface area contributed by atoms with E-state index in [0.29, 0.717) is 6.42 Å². The maximum Gasteiger partial charge on any atom is 0.346 e. The molecule has 0 fully saturated rings. The Morgan fingerprint density at radius 1 is 1.12 bits per heavy atom. The number of thiophene rings is 1. The Bertz CT molecular complexity index is 840. The van der Waals surface area contributed by atoms with Gasteiger partial charge in [0.25, 0.3) is 0 Å². The van der Waals surface area contributed by atoms with Crippen LogP contribution in [0.1, 0.15) is 56.0 Å². The first-order valence-corrected chi connectivity index (χ1v) is 8.55. The van der Waals surface area contributed by atoms with E-state index in [1.54, 1.807) is 0 Å². The molecule has 3 N–H and O–H groups in total. The van der Waals surface area contributed by atoms with Gasteiger partial charge in [0.1, 0.15) is 9.88 Å². The number of nitrogens with one attached hydrogen (secondary N) is 1. The van der Waals surface area contributed by atoms with Gasteiger partial charge < -0.3 is 15.5 Å². The summed E-state index contributed by atoms with van der Waals surface area (Å²) in [5.74, 6) is -3.27. The van der Waals surface area contributed by atoms with Crippen molar-refractivity contribution in [3.63, 3.8) is 0 Å². The van der Waals surface area contributed by atoms with Gasteiger partial charge in [0.2, 0.25) is 5.91 Å². The lowest BCUT2D eigenvalue weighted by molar-refractivity contribution is -0.117. The average molecular weight is 361 g/mol. The summed E-state index contributed by atoms with van der Waals surface area (Å²) < 4.78 is 0. The van der Waals surface area contributed by atoms with E-state index in [1.807, 2.05) is 38.1 Å². The number of anilines is 1. The van der Waals surface area contributed by atoms with E-state index in [4.69, 9.17) is 0 Å². The molecule has 1 unspecified atom stereocenters. The molecule has 2 rings (SSSR count). The van der Waals surface area contributed by atoms with Crippen molar-refractivity contribution in [3.05, 3.63) is 51.4 Å². The molecular weight excluding hydrogens is 342 g/mol. The van der Waals surface area contributed by atoms with Crippen LogP contribution in [0.5, 0.6) is 0 Å². The number of carbonyl (C=O) groups is 3. The molecule has 0 saturated heterocycles. The lowest BCUT2D eigenvalue weighted by atomic mass is 9.92. The Morgan fingerprint density at radius 3 is 2.28 bits per heavy atom. The van der Waals surface area contributed by atoms with Crippen LogP contribution in [-0.2, 0) is 4.79 Å². The third kappa shape index (κ3) is 3.71. The van der Waals surface area contributed by atoms with Gasteiger partial charge in [-0.15, -0.1) is 11.3 Å². The molecule has 0 aliphatic heterocycles. The molecule has 0 aliphatic carbocycles. The van der Waals surface area contributed by atoms with Crippen molar-refractivity contribution in [2.24, 2.45) is 0 Å². The number of carboxylic acids is 2. The van der Waals surface area contributed by atoms with Crippen LogP contribution in [-0.4, -0.2) is 28.1 Å². The molecule has 0 spiro atoms. The standard InChI is InChI=1S/C18H19NO5S/c1-4-11(12-8-6-5-7-9(12)2)15(20)19-16-13(17(21)22)10(3)14(25-16)18(23)24/h5-8,11H,4H2,1-3H3,(H,19,20)(H,21,22)(H,23,24). The molecule has 7 heteroatoms. The maximum absolute atomic E-state index is 12.7. The number of hydrogen-bond acceptors (Lipinski definition) is 4. The summed E-state index contributed by atoms with van der Waals surface area (Å²) in [6.45, 7) is 5.21. The quantitative estimate of drug-likeness (QED) is 0.724. The first-order valence-electron chi connectivity index (χ1n) is 7.74. The van der Waals surface area contributed by atoms with Crippen molar-refractivity contribution >= 4 is 34.2 Å². The first-order chi connectivity index (χ1) is 11.8. The lowest BCUT2D eigenvalue weighted by Crippen LogP contribution is -2.22. The van der Waals surface area contributed by atoms with Crippen LogP contribution in [0.3, 0.4) is 0 Å². The second-order valence-electron chi connectivity index (χ2n) is 5.68. The molecular formula is C18H19NO5S. The minimum absolute atomic E-state index is 0.0550. The fourth-order valence-corrected chi connectivity index (χ4v) is 3.83. The van der Waals surface area contributed by atoms with Gasteiger partial charge in [-0.3, -0.25) is 4.79 Å². The minimum Gasteiger partial charge on any atom is -0.478 e. The van der Waals surface area contributed by atoms with Crippen LogP contribution in [0.2, 0.25) is 0 Å². The molecule has 1 amide bonds. The van der Waals surface area contributed by atoms with Crippen LogP contribution in [0.4, 0.5) is 5.00 Å². The number of hydrogen-bond donors (Lipinski definition) is 3. The van der Waals surface area contributed by atoms with Crippen LogP contribution >= 0.6 is 11.3 Å². The number of aromatic carboxylic acids is 2. The van der Waals surface area contributed by atoms with Crippen LogP contribution in [0.25, 0.3) is 0 Å². The summed E-state index contributed by atoms with van der Waals surface area (Å²) in [5.41, 5.74) is 1.81. The van der Waals surface area contributed by atoms with Crippen LogP contribution in [0.15, 0.2) is 24.3 Å². The average Bonchev–Trinajstić information content (AvgIpc) is 2.86. The van der Waals surface area contributed by atoms with E-state index in [1.165, 1.54) is 6.92 Å². The highest BCUT2D eigenvalue weighted by Gasteiger charge is 2.27. The van der Waals surface area contributed by atoms with Crippen molar-refractivity contribution in [3.8, 4) is 0 Å². The molecule has 0 saturated carbocycles. The Labute approximate surface area is 149 Å². The second kappa shape index (κ2) is 7.48. The number of benzene rings is 1. The fourth-order valence-electron chi connectivity index (χ4n) is 2.79. The number of rotatable bonds is 6.